The number of rotatable bonds is 4. The van der Waals surface area contributed by atoms with E-state index in [1.54, 1.807) is 7.11 Å². The molecule has 0 aliphatic carbocycles. The molecule has 110 valence electrons. The van der Waals surface area contributed by atoms with Crippen LogP contribution >= 0.6 is 0 Å². The molecule has 0 radical (unpaired) electrons. The van der Waals surface area contributed by atoms with Crippen LogP contribution in [0.4, 0.5) is 5.69 Å². The third-order valence-corrected chi connectivity index (χ3v) is 3.75. The van der Waals surface area contributed by atoms with Crippen molar-refractivity contribution in [2.75, 3.05) is 25.1 Å². The molecule has 1 aliphatic rings. The number of piperazine rings is 1. The van der Waals surface area contributed by atoms with Crippen molar-refractivity contribution in [1.29, 1.82) is 0 Å². The number of hydrogen-bond donors (Lipinski definition) is 2. The molecule has 20 heavy (non-hydrogen) atoms. The van der Waals surface area contributed by atoms with E-state index < -0.39 is 0 Å². The molecule has 0 saturated carbocycles. The zero-order chi connectivity index (χ0) is 14.7. The maximum Gasteiger partial charge on any atom is 0.242 e. The van der Waals surface area contributed by atoms with E-state index in [1.807, 2.05) is 32.0 Å². The van der Waals surface area contributed by atoms with E-state index in [1.165, 1.54) is 0 Å². The lowest BCUT2D eigenvalue weighted by atomic mass is 10.0. The summed E-state index contributed by atoms with van der Waals surface area (Å²) in [5.74, 6) is 0.857. The number of nitrogens with two attached hydrogens (primary N) is 1. The highest BCUT2D eigenvalue weighted by Gasteiger charge is 2.30. The van der Waals surface area contributed by atoms with Crippen LogP contribution in [0.25, 0.3) is 0 Å². The van der Waals surface area contributed by atoms with Gasteiger partial charge in [-0.05, 0) is 25.5 Å². The normalized spacial score (nSPS) is 20.5. The Morgan fingerprint density at radius 1 is 1.55 bits per heavy atom. The predicted octanol–water partition coefficient (Wildman–Crippen LogP) is 1.43. The molecule has 0 bridgehead atoms. The maximum atomic E-state index is 12.0. The SMILES string of the molecule is CCC1C(=O)NCCN1c1cccc(OC)c1[C@@H](C)N. The summed E-state index contributed by atoms with van der Waals surface area (Å²) >= 11 is 0. The third-order valence-electron chi connectivity index (χ3n) is 3.75. The second-order valence-electron chi connectivity index (χ2n) is 5.09. The van der Waals surface area contributed by atoms with Crippen molar-refractivity contribution in [1.82, 2.24) is 5.32 Å². The van der Waals surface area contributed by atoms with E-state index in [0.717, 1.165) is 30.0 Å². The monoisotopic (exact) mass is 277 g/mol. The van der Waals surface area contributed by atoms with E-state index in [-0.39, 0.29) is 18.0 Å². The summed E-state index contributed by atoms with van der Waals surface area (Å²) in [6, 6.07) is 5.58. The largest absolute Gasteiger partial charge is 0.496 e. The molecule has 1 aromatic carbocycles. The van der Waals surface area contributed by atoms with Gasteiger partial charge in [-0.2, -0.15) is 0 Å². The second-order valence-corrected chi connectivity index (χ2v) is 5.09. The van der Waals surface area contributed by atoms with E-state index in [2.05, 4.69) is 10.2 Å². The fourth-order valence-electron chi connectivity index (χ4n) is 2.83. The molecule has 2 atom stereocenters. The van der Waals surface area contributed by atoms with Crippen molar-refractivity contribution in [2.24, 2.45) is 5.73 Å². The van der Waals surface area contributed by atoms with Crippen LogP contribution in [-0.2, 0) is 4.79 Å². The van der Waals surface area contributed by atoms with Gasteiger partial charge in [0.1, 0.15) is 11.8 Å². The molecule has 0 spiro atoms. The van der Waals surface area contributed by atoms with Gasteiger partial charge in [-0.25, -0.2) is 0 Å². The molecule has 1 amide bonds. The van der Waals surface area contributed by atoms with Gasteiger partial charge in [0.2, 0.25) is 5.91 Å². The number of methoxy groups -OCH3 is 1. The highest BCUT2D eigenvalue weighted by Crippen LogP contribution is 2.35. The fraction of sp³-hybridized carbons (Fsp3) is 0.533. The Bertz CT molecular complexity index is 488. The smallest absolute Gasteiger partial charge is 0.242 e. The van der Waals surface area contributed by atoms with Gasteiger partial charge in [-0.1, -0.05) is 13.0 Å². The van der Waals surface area contributed by atoms with E-state index in [0.29, 0.717) is 6.54 Å². The number of anilines is 1. The van der Waals surface area contributed by atoms with E-state index >= 15 is 0 Å². The summed E-state index contributed by atoms with van der Waals surface area (Å²) in [6.45, 7) is 5.41. The Balaban J connectivity index is 2.47. The summed E-state index contributed by atoms with van der Waals surface area (Å²) in [5, 5.41) is 2.92. The molecule has 1 heterocycles. The average molecular weight is 277 g/mol. The number of nitrogens with zero attached hydrogens (tertiary/aromatic N) is 1. The Morgan fingerprint density at radius 3 is 2.90 bits per heavy atom. The molecule has 1 aliphatic heterocycles. The number of amides is 1. The van der Waals surface area contributed by atoms with Gasteiger partial charge >= 0.3 is 0 Å². The van der Waals surface area contributed by atoms with Crippen LogP contribution in [0, 0.1) is 0 Å². The number of hydrogen-bond acceptors (Lipinski definition) is 4. The molecule has 1 unspecified atom stereocenters. The highest BCUT2D eigenvalue weighted by atomic mass is 16.5. The standard InChI is InChI=1S/C15H23N3O2/c1-4-11-15(19)17-8-9-18(11)12-6-5-7-13(20-3)14(12)10(2)16/h5-7,10-11H,4,8-9,16H2,1-3H3,(H,17,19)/t10-,11?/m1/s1. The Kier molecular flexibility index (Phi) is 4.49. The number of nitrogens with one attached hydrogen (secondary N) is 1. The number of benzene rings is 1. The molecule has 0 aromatic heterocycles. The summed E-state index contributed by atoms with van der Waals surface area (Å²) < 4.78 is 5.43. The van der Waals surface area contributed by atoms with Crippen molar-refractivity contribution in [3.8, 4) is 5.75 Å². The third kappa shape index (κ3) is 2.58. The number of ether oxygens (including phenoxy) is 1. The first-order valence-corrected chi connectivity index (χ1v) is 7.07. The molecular weight excluding hydrogens is 254 g/mol. The van der Waals surface area contributed by atoms with Crippen molar-refractivity contribution >= 4 is 11.6 Å². The molecule has 1 aromatic rings. The van der Waals surface area contributed by atoms with Crippen LogP contribution in [0.1, 0.15) is 31.9 Å². The Labute approximate surface area is 120 Å². The van der Waals surface area contributed by atoms with Crippen LogP contribution in [0.2, 0.25) is 0 Å². The minimum Gasteiger partial charge on any atom is -0.496 e. The lowest BCUT2D eigenvalue weighted by Crippen LogP contribution is -2.55. The second kappa shape index (κ2) is 6.13. The minimum absolute atomic E-state index is 0.0807. The van der Waals surface area contributed by atoms with Crippen molar-refractivity contribution < 1.29 is 9.53 Å². The lowest BCUT2D eigenvalue weighted by Gasteiger charge is -2.38. The molecule has 2 rings (SSSR count). The number of carbonyl (C=O) groups excluding carboxylic acids is 1. The highest BCUT2D eigenvalue weighted by molar-refractivity contribution is 5.87. The lowest BCUT2D eigenvalue weighted by molar-refractivity contribution is -0.123. The van der Waals surface area contributed by atoms with Gasteiger partial charge in [-0.15, -0.1) is 0 Å². The summed E-state index contributed by atoms with van der Waals surface area (Å²) in [7, 11) is 1.64. The first-order chi connectivity index (χ1) is 9.60. The first kappa shape index (κ1) is 14.7. The van der Waals surface area contributed by atoms with Crippen molar-refractivity contribution in [2.45, 2.75) is 32.4 Å². The van der Waals surface area contributed by atoms with Gasteiger partial charge in [0.15, 0.2) is 0 Å². The summed E-state index contributed by atoms with van der Waals surface area (Å²) in [5.41, 5.74) is 8.07. The molecular formula is C15H23N3O2. The van der Waals surface area contributed by atoms with Crippen molar-refractivity contribution in [3.63, 3.8) is 0 Å². The van der Waals surface area contributed by atoms with Crippen LogP contribution in [0.15, 0.2) is 18.2 Å². The van der Waals surface area contributed by atoms with E-state index in [9.17, 15) is 4.79 Å². The fourth-order valence-corrected chi connectivity index (χ4v) is 2.83. The van der Waals surface area contributed by atoms with Crippen LogP contribution < -0.4 is 20.7 Å². The van der Waals surface area contributed by atoms with Gasteiger partial charge in [0.05, 0.1) is 7.11 Å². The van der Waals surface area contributed by atoms with Crippen LogP contribution in [0.5, 0.6) is 5.75 Å². The van der Waals surface area contributed by atoms with Gasteiger partial charge in [0.25, 0.3) is 0 Å². The summed E-state index contributed by atoms with van der Waals surface area (Å²) in [6.07, 6.45) is 0.765. The van der Waals surface area contributed by atoms with Crippen molar-refractivity contribution in [3.05, 3.63) is 23.8 Å². The van der Waals surface area contributed by atoms with Crippen LogP contribution in [-0.4, -0.2) is 32.1 Å². The Morgan fingerprint density at radius 2 is 2.30 bits per heavy atom. The molecule has 5 nitrogen and oxygen atoms in total. The summed E-state index contributed by atoms with van der Waals surface area (Å²) in [4.78, 5) is 14.2. The molecule has 1 saturated heterocycles. The van der Waals surface area contributed by atoms with Gasteiger partial charge in [0, 0.05) is 30.4 Å². The quantitative estimate of drug-likeness (QED) is 0.873. The van der Waals surface area contributed by atoms with Gasteiger partial charge < -0.3 is 20.7 Å². The zero-order valence-corrected chi connectivity index (χ0v) is 12.3. The molecule has 5 heteroatoms. The van der Waals surface area contributed by atoms with E-state index in [4.69, 9.17) is 10.5 Å². The molecule has 1 fully saturated rings. The van der Waals surface area contributed by atoms with Gasteiger partial charge in [-0.3, -0.25) is 4.79 Å². The number of carbonyl (C=O) groups is 1. The average Bonchev–Trinajstić information content (AvgIpc) is 2.45. The van der Waals surface area contributed by atoms with Crippen LogP contribution in [0.3, 0.4) is 0 Å². The zero-order valence-electron chi connectivity index (χ0n) is 12.3. The maximum absolute atomic E-state index is 12.0. The topological polar surface area (TPSA) is 67.6 Å². The predicted molar refractivity (Wildman–Crippen MR) is 80.0 cm³/mol. The molecule has 3 N–H and O–H groups in total. The minimum atomic E-state index is -0.149. The Hall–Kier alpha value is -1.75. The first-order valence-electron chi connectivity index (χ1n) is 7.07.